The van der Waals surface area contributed by atoms with Crippen LogP contribution in [-0.2, 0) is 9.59 Å². The van der Waals surface area contributed by atoms with E-state index < -0.39 is 5.91 Å². The number of carbonyl (C=O) groups excluding carboxylic acids is 2. The van der Waals surface area contributed by atoms with E-state index in [1.54, 1.807) is 13.8 Å². The van der Waals surface area contributed by atoms with Gasteiger partial charge in [0.15, 0.2) is 7.98 Å². The van der Waals surface area contributed by atoms with Crippen LogP contribution in [-0.4, -0.2) is 42.7 Å². The molecule has 0 spiro atoms. The predicted octanol–water partition coefficient (Wildman–Crippen LogP) is 0.969. The Hall–Kier alpha value is -1.92. The highest BCUT2D eigenvalue weighted by molar-refractivity contribution is 6.24. The van der Waals surface area contributed by atoms with Gasteiger partial charge in [0.2, 0.25) is 5.91 Å². The maximum Gasteiger partial charge on any atom is 0.275 e. The molecular weight excluding hydrogens is 289 g/mol. The molecule has 5 nitrogen and oxygen atoms in total. The van der Waals surface area contributed by atoms with Crippen molar-refractivity contribution in [3.05, 3.63) is 41.5 Å². The first kappa shape index (κ1) is 17.4. The Morgan fingerprint density at radius 3 is 2.26 bits per heavy atom. The first-order valence-electron chi connectivity index (χ1n) is 8.00. The molecule has 2 N–H and O–H groups in total. The standard InChI is InChI=1S/C17H24BN3O2/c1-12(2)16(22)21(19)17(23)15(13-6-4-3-5-7-13)14-8-10-20(18)11-9-14/h3-7,12H,8-11,18-19H2,1-2H3. The Bertz CT molecular complexity index is 604. The zero-order chi connectivity index (χ0) is 17.0. The summed E-state index contributed by atoms with van der Waals surface area (Å²) in [5.41, 5.74) is 2.48. The molecule has 0 radical (unpaired) electrons. The van der Waals surface area contributed by atoms with Gasteiger partial charge in [0.25, 0.3) is 5.91 Å². The third-order valence-electron chi connectivity index (χ3n) is 4.17. The van der Waals surface area contributed by atoms with Crippen LogP contribution < -0.4 is 5.84 Å². The Morgan fingerprint density at radius 1 is 1.17 bits per heavy atom. The summed E-state index contributed by atoms with van der Waals surface area (Å²) in [5, 5.41) is 0.776. The van der Waals surface area contributed by atoms with Crippen molar-refractivity contribution in [2.75, 3.05) is 13.1 Å². The van der Waals surface area contributed by atoms with Gasteiger partial charge in [0.1, 0.15) is 0 Å². The van der Waals surface area contributed by atoms with E-state index >= 15 is 0 Å². The van der Waals surface area contributed by atoms with Crippen LogP contribution in [0.1, 0.15) is 32.3 Å². The quantitative estimate of drug-likeness (QED) is 0.297. The average Bonchev–Trinajstić information content (AvgIpc) is 2.56. The van der Waals surface area contributed by atoms with Crippen LogP contribution in [0.15, 0.2) is 35.9 Å². The molecule has 0 aliphatic carbocycles. The Kier molecular flexibility index (Phi) is 5.74. The SMILES string of the molecule is BN1CCC(=C(C(=O)N(N)C(=O)C(C)C)c2ccccc2)CC1. The van der Waals surface area contributed by atoms with Crippen LogP contribution in [0.4, 0.5) is 0 Å². The van der Waals surface area contributed by atoms with Crippen LogP contribution in [0.2, 0.25) is 0 Å². The number of rotatable bonds is 3. The van der Waals surface area contributed by atoms with Gasteiger partial charge in [-0.05, 0) is 31.5 Å². The van der Waals surface area contributed by atoms with E-state index in [0.29, 0.717) is 5.57 Å². The van der Waals surface area contributed by atoms with Crippen molar-refractivity contribution in [3.63, 3.8) is 0 Å². The molecule has 1 saturated heterocycles. The summed E-state index contributed by atoms with van der Waals surface area (Å²) in [6.45, 7) is 5.28. The minimum atomic E-state index is -0.408. The highest BCUT2D eigenvalue weighted by Gasteiger charge is 2.27. The minimum Gasteiger partial charge on any atom is -0.348 e. The van der Waals surface area contributed by atoms with Crippen molar-refractivity contribution in [3.8, 4) is 0 Å². The number of hydrazine groups is 1. The lowest BCUT2D eigenvalue weighted by Gasteiger charge is -2.28. The number of piperidine rings is 1. The molecule has 0 unspecified atom stereocenters. The fourth-order valence-electron chi connectivity index (χ4n) is 2.72. The highest BCUT2D eigenvalue weighted by atomic mass is 16.2. The second-order valence-corrected chi connectivity index (χ2v) is 6.32. The van der Waals surface area contributed by atoms with Crippen molar-refractivity contribution in [2.45, 2.75) is 26.7 Å². The summed E-state index contributed by atoms with van der Waals surface area (Å²) in [7, 11) is 2.07. The first-order chi connectivity index (χ1) is 10.9. The molecule has 2 amide bonds. The molecule has 1 aliphatic rings. The van der Waals surface area contributed by atoms with E-state index in [1.807, 2.05) is 30.3 Å². The van der Waals surface area contributed by atoms with Crippen molar-refractivity contribution in [2.24, 2.45) is 11.8 Å². The monoisotopic (exact) mass is 313 g/mol. The van der Waals surface area contributed by atoms with Crippen LogP contribution >= 0.6 is 0 Å². The van der Waals surface area contributed by atoms with E-state index in [9.17, 15) is 9.59 Å². The summed E-state index contributed by atoms with van der Waals surface area (Å²) < 4.78 is 0. The average molecular weight is 313 g/mol. The van der Waals surface area contributed by atoms with E-state index in [2.05, 4.69) is 12.8 Å². The van der Waals surface area contributed by atoms with Crippen LogP contribution in [0.5, 0.6) is 0 Å². The number of benzene rings is 1. The van der Waals surface area contributed by atoms with Gasteiger partial charge in [-0.3, -0.25) is 9.59 Å². The van der Waals surface area contributed by atoms with E-state index in [4.69, 9.17) is 5.84 Å². The van der Waals surface area contributed by atoms with Crippen molar-refractivity contribution < 1.29 is 9.59 Å². The number of amides is 2. The molecule has 0 atom stereocenters. The number of hydrogen-bond donors (Lipinski definition) is 1. The molecule has 0 saturated carbocycles. The second-order valence-electron chi connectivity index (χ2n) is 6.32. The third-order valence-corrected chi connectivity index (χ3v) is 4.17. The zero-order valence-electron chi connectivity index (χ0n) is 14.1. The first-order valence-corrected chi connectivity index (χ1v) is 8.00. The van der Waals surface area contributed by atoms with Gasteiger partial charge in [-0.25, -0.2) is 10.9 Å². The van der Waals surface area contributed by atoms with E-state index in [-0.39, 0.29) is 11.8 Å². The van der Waals surface area contributed by atoms with Gasteiger partial charge in [0, 0.05) is 11.5 Å². The van der Waals surface area contributed by atoms with Gasteiger partial charge < -0.3 is 4.81 Å². The summed E-state index contributed by atoms with van der Waals surface area (Å²) in [5.74, 6) is 4.74. The molecule has 122 valence electrons. The smallest absolute Gasteiger partial charge is 0.275 e. The third kappa shape index (κ3) is 4.09. The Morgan fingerprint density at radius 2 is 1.74 bits per heavy atom. The molecule has 1 fully saturated rings. The predicted molar refractivity (Wildman–Crippen MR) is 93.6 cm³/mol. The summed E-state index contributed by atoms with van der Waals surface area (Å²) in [4.78, 5) is 27.2. The van der Waals surface area contributed by atoms with Gasteiger partial charge in [-0.15, -0.1) is 0 Å². The second kappa shape index (κ2) is 7.57. The van der Waals surface area contributed by atoms with Gasteiger partial charge in [-0.1, -0.05) is 49.8 Å². The molecule has 2 rings (SSSR count). The molecule has 1 heterocycles. The van der Waals surface area contributed by atoms with Crippen LogP contribution in [0.25, 0.3) is 5.57 Å². The lowest BCUT2D eigenvalue weighted by molar-refractivity contribution is -0.144. The molecule has 1 aliphatic heterocycles. The topological polar surface area (TPSA) is 66.6 Å². The molecular formula is C17H24BN3O2. The Labute approximate surface area is 138 Å². The van der Waals surface area contributed by atoms with E-state index in [1.165, 1.54) is 0 Å². The fourth-order valence-corrected chi connectivity index (χ4v) is 2.72. The number of carbonyl (C=O) groups is 2. The van der Waals surface area contributed by atoms with Crippen molar-refractivity contribution in [1.29, 1.82) is 0 Å². The maximum absolute atomic E-state index is 12.9. The number of hydrogen-bond acceptors (Lipinski definition) is 4. The normalized spacial score (nSPS) is 15.6. The van der Waals surface area contributed by atoms with Crippen molar-refractivity contribution in [1.82, 2.24) is 9.82 Å². The number of nitrogens with zero attached hydrogens (tertiary/aromatic N) is 2. The van der Waals surface area contributed by atoms with Gasteiger partial charge >= 0.3 is 0 Å². The lowest BCUT2D eigenvalue weighted by atomic mass is 9.91. The maximum atomic E-state index is 12.9. The number of nitrogens with two attached hydrogens (primary N) is 1. The van der Waals surface area contributed by atoms with Gasteiger partial charge in [0.05, 0.1) is 0 Å². The zero-order valence-corrected chi connectivity index (χ0v) is 14.1. The number of imide groups is 1. The molecule has 6 heteroatoms. The summed E-state index contributed by atoms with van der Waals surface area (Å²) >= 11 is 0. The lowest BCUT2D eigenvalue weighted by Crippen LogP contribution is -2.45. The Balaban J connectivity index is 2.41. The van der Waals surface area contributed by atoms with Crippen LogP contribution in [0, 0.1) is 5.92 Å². The minimum absolute atomic E-state index is 0.316. The van der Waals surface area contributed by atoms with Gasteiger partial charge in [-0.2, -0.15) is 0 Å². The molecule has 0 aromatic heterocycles. The van der Waals surface area contributed by atoms with Crippen molar-refractivity contribution >= 4 is 25.4 Å². The molecule has 1 aromatic carbocycles. The molecule has 0 bridgehead atoms. The largest absolute Gasteiger partial charge is 0.348 e. The molecule has 1 aromatic rings. The fraction of sp³-hybridized carbons (Fsp3) is 0.412. The summed E-state index contributed by atoms with van der Waals surface area (Å²) in [6, 6.07) is 9.48. The molecule has 23 heavy (non-hydrogen) atoms. The highest BCUT2D eigenvalue weighted by Crippen LogP contribution is 2.28. The van der Waals surface area contributed by atoms with Crippen LogP contribution in [0.3, 0.4) is 0 Å². The summed E-state index contributed by atoms with van der Waals surface area (Å²) in [6.07, 6.45) is 1.63. The van der Waals surface area contributed by atoms with E-state index in [0.717, 1.165) is 42.1 Å².